The molecule has 100 valence electrons. The van der Waals surface area contributed by atoms with Crippen molar-refractivity contribution in [2.24, 2.45) is 5.92 Å². The van der Waals surface area contributed by atoms with E-state index in [4.69, 9.17) is 0 Å². The van der Waals surface area contributed by atoms with E-state index in [1.54, 1.807) is 0 Å². The molecule has 0 saturated heterocycles. The van der Waals surface area contributed by atoms with Gasteiger partial charge in [0.25, 0.3) is 0 Å². The van der Waals surface area contributed by atoms with Crippen LogP contribution in [0.4, 0.5) is 0 Å². The predicted octanol–water partition coefficient (Wildman–Crippen LogP) is 3.16. The summed E-state index contributed by atoms with van der Waals surface area (Å²) >= 11 is 0. The predicted molar refractivity (Wildman–Crippen MR) is 76.7 cm³/mol. The zero-order valence-corrected chi connectivity index (χ0v) is 11.1. The molecule has 19 heavy (non-hydrogen) atoms. The van der Waals surface area contributed by atoms with E-state index in [1.165, 1.54) is 0 Å². The van der Waals surface area contributed by atoms with Crippen LogP contribution in [0.25, 0.3) is 0 Å². The first kappa shape index (κ1) is 13.8. The van der Waals surface area contributed by atoms with Crippen LogP contribution in [0.1, 0.15) is 30.4 Å². The Labute approximate surface area is 114 Å². The number of hydrogen-bond acceptors (Lipinski definition) is 2. The molecule has 0 radical (unpaired) electrons. The molecule has 2 nitrogen and oxygen atoms in total. The van der Waals surface area contributed by atoms with Crippen LogP contribution >= 0.6 is 0 Å². The van der Waals surface area contributed by atoms with Gasteiger partial charge in [0, 0.05) is 11.8 Å². The van der Waals surface area contributed by atoms with Crippen LogP contribution in [0.3, 0.4) is 0 Å². The van der Waals surface area contributed by atoms with Crippen LogP contribution in [0.5, 0.6) is 0 Å². The first-order chi connectivity index (χ1) is 9.24. The normalized spacial score (nSPS) is 12.9. The fourth-order valence-corrected chi connectivity index (χ4v) is 2.63. The van der Waals surface area contributed by atoms with Crippen molar-refractivity contribution in [1.82, 2.24) is 0 Å². The van der Waals surface area contributed by atoms with E-state index in [1.807, 2.05) is 67.6 Å². The maximum atomic E-state index is 9.66. The smallest absolute Gasteiger partial charge is 0.155 e. The molecule has 0 spiro atoms. The summed E-state index contributed by atoms with van der Waals surface area (Å²) in [6, 6.07) is 20.1. The minimum atomic E-state index is -1.31. The van der Waals surface area contributed by atoms with E-state index < -0.39 is 6.29 Å². The Kier molecular flexibility index (Phi) is 4.72. The van der Waals surface area contributed by atoms with E-state index in [0.29, 0.717) is 6.42 Å². The molecule has 0 fully saturated rings. The third-order valence-corrected chi connectivity index (χ3v) is 3.60. The highest BCUT2D eigenvalue weighted by molar-refractivity contribution is 5.33. The van der Waals surface area contributed by atoms with Gasteiger partial charge in [0.15, 0.2) is 6.29 Å². The molecular formula is C17H20O2. The van der Waals surface area contributed by atoms with Crippen molar-refractivity contribution in [2.45, 2.75) is 25.6 Å². The van der Waals surface area contributed by atoms with Gasteiger partial charge >= 0.3 is 0 Å². The van der Waals surface area contributed by atoms with Crippen LogP contribution in [-0.4, -0.2) is 16.5 Å². The summed E-state index contributed by atoms with van der Waals surface area (Å²) in [5.41, 5.74) is 2.24. The van der Waals surface area contributed by atoms with Crippen molar-refractivity contribution in [3.63, 3.8) is 0 Å². The van der Waals surface area contributed by atoms with Crippen molar-refractivity contribution in [3.05, 3.63) is 71.8 Å². The maximum Gasteiger partial charge on any atom is 0.155 e. The van der Waals surface area contributed by atoms with Gasteiger partial charge in [-0.15, -0.1) is 0 Å². The van der Waals surface area contributed by atoms with Crippen LogP contribution in [0.2, 0.25) is 0 Å². The second-order valence-electron chi connectivity index (χ2n) is 4.78. The summed E-state index contributed by atoms with van der Waals surface area (Å²) in [5, 5.41) is 19.3. The first-order valence-electron chi connectivity index (χ1n) is 6.70. The van der Waals surface area contributed by atoms with Crippen LogP contribution in [0, 0.1) is 5.92 Å². The zero-order valence-electron chi connectivity index (χ0n) is 11.1. The molecule has 2 aromatic carbocycles. The molecule has 1 unspecified atom stereocenters. The lowest BCUT2D eigenvalue weighted by Crippen LogP contribution is -2.26. The number of hydrogen-bond donors (Lipinski definition) is 2. The van der Waals surface area contributed by atoms with Gasteiger partial charge in [0.2, 0.25) is 0 Å². The second kappa shape index (κ2) is 6.50. The van der Waals surface area contributed by atoms with E-state index in [0.717, 1.165) is 11.1 Å². The summed E-state index contributed by atoms with van der Waals surface area (Å²) in [4.78, 5) is 0. The lowest BCUT2D eigenvalue weighted by atomic mass is 9.79. The Morgan fingerprint density at radius 2 is 1.21 bits per heavy atom. The SMILES string of the molecule is CCC(C(O)O)C(c1ccccc1)c1ccccc1. The highest BCUT2D eigenvalue weighted by Crippen LogP contribution is 2.35. The average Bonchev–Trinajstić information content (AvgIpc) is 2.46. The molecular weight excluding hydrogens is 236 g/mol. The first-order valence-corrected chi connectivity index (χ1v) is 6.70. The van der Waals surface area contributed by atoms with Crippen molar-refractivity contribution in [2.75, 3.05) is 0 Å². The molecule has 2 N–H and O–H groups in total. The van der Waals surface area contributed by atoms with Gasteiger partial charge in [-0.3, -0.25) is 0 Å². The summed E-state index contributed by atoms with van der Waals surface area (Å²) in [5.74, 6) is -0.197. The van der Waals surface area contributed by atoms with Crippen LogP contribution < -0.4 is 0 Å². The standard InChI is InChI=1S/C17H20O2/c1-2-15(17(18)19)16(13-9-5-3-6-10-13)14-11-7-4-8-12-14/h3-12,15-19H,2H2,1H3. The van der Waals surface area contributed by atoms with Gasteiger partial charge in [-0.25, -0.2) is 0 Å². The van der Waals surface area contributed by atoms with Crippen molar-refractivity contribution >= 4 is 0 Å². The minimum absolute atomic E-state index is 0.00685. The molecule has 0 saturated carbocycles. The fourth-order valence-electron chi connectivity index (χ4n) is 2.63. The molecule has 2 heteroatoms. The average molecular weight is 256 g/mol. The molecule has 2 rings (SSSR count). The Morgan fingerprint density at radius 1 is 0.789 bits per heavy atom. The molecule has 0 aromatic heterocycles. The highest BCUT2D eigenvalue weighted by Gasteiger charge is 2.28. The highest BCUT2D eigenvalue weighted by atomic mass is 16.5. The molecule has 0 aliphatic rings. The minimum Gasteiger partial charge on any atom is -0.368 e. The van der Waals surface area contributed by atoms with Gasteiger partial charge in [-0.1, -0.05) is 67.6 Å². The van der Waals surface area contributed by atoms with E-state index >= 15 is 0 Å². The third-order valence-electron chi connectivity index (χ3n) is 3.60. The lowest BCUT2D eigenvalue weighted by Gasteiger charge is -2.28. The van der Waals surface area contributed by atoms with E-state index in [-0.39, 0.29) is 11.8 Å². The number of aliphatic hydroxyl groups excluding tert-OH is 1. The molecule has 2 aromatic rings. The number of aliphatic hydroxyl groups is 2. The number of benzene rings is 2. The van der Waals surface area contributed by atoms with E-state index in [2.05, 4.69) is 0 Å². The summed E-state index contributed by atoms with van der Waals surface area (Å²) in [6.45, 7) is 1.99. The summed E-state index contributed by atoms with van der Waals surface area (Å²) < 4.78 is 0. The van der Waals surface area contributed by atoms with Gasteiger partial charge in [0.1, 0.15) is 0 Å². The number of rotatable bonds is 5. The molecule has 1 atom stereocenters. The van der Waals surface area contributed by atoms with Crippen molar-refractivity contribution < 1.29 is 10.2 Å². The van der Waals surface area contributed by atoms with Crippen LogP contribution in [0.15, 0.2) is 60.7 Å². The van der Waals surface area contributed by atoms with Crippen molar-refractivity contribution in [3.8, 4) is 0 Å². The molecule has 0 aliphatic carbocycles. The summed E-state index contributed by atoms with van der Waals surface area (Å²) in [6.07, 6.45) is -0.595. The molecule has 0 aliphatic heterocycles. The van der Waals surface area contributed by atoms with Gasteiger partial charge in [-0.05, 0) is 17.5 Å². The van der Waals surface area contributed by atoms with Gasteiger partial charge in [0.05, 0.1) is 0 Å². The molecule has 0 amide bonds. The monoisotopic (exact) mass is 256 g/mol. The maximum absolute atomic E-state index is 9.66. The Balaban J connectivity index is 2.45. The lowest BCUT2D eigenvalue weighted by molar-refractivity contribution is -0.0889. The van der Waals surface area contributed by atoms with Gasteiger partial charge in [-0.2, -0.15) is 0 Å². The largest absolute Gasteiger partial charge is 0.368 e. The second-order valence-corrected chi connectivity index (χ2v) is 4.78. The third kappa shape index (κ3) is 3.22. The summed E-state index contributed by atoms with van der Waals surface area (Å²) in [7, 11) is 0. The van der Waals surface area contributed by atoms with Crippen molar-refractivity contribution in [1.29, 1.82) is 0 Å². The quantitative estimate of drug-likeness (QED) is 0.807. The Hall–Kier alpha value is -1.64. The fraction of sp³-hybridized carbons (Fsp3) is 0.294. The Morgan fingerprint density at radius 3 is 1.53 bits per heavy atom. The Bertz CT molecular complexity index is 440. The van der Waals surface area contributed by atoms with E-state index in [9.17, 15) is 10.2 Å². The zero-order chi connectivity index (χ0) is 13.7. The molecule has 0 bridgehead atoms. The topological polar surface area (TPSA) is 40.5 Å². The molecule has 0 heterocycles. The van der Waals surface area contributed by atoms with Crippen LogP contribution in [-0.2, 0) is 0 Å². The van der Waals surface area contributed by atoms with Gasteiger partial charge < -0.3 is 10.2 Å².